The van der Waals surface area contributed by atoms with Gasteiger partial charge in [-0.2, -0.15) is 5.10 Å². The number of hydrogen-bond donors (Lipinski definition) is 3. The maximum Gasteiger partial charge on any atom is 0.261 e. The molecule has 2 aromatic heterocycles. The first-order valence-electron chi connectivity index (χ1n) is 7.21. The van der Waals surface area contributed by atoms with Crippen LogP contribution in [0.2, 0.25) is 0 Å². The van der Waals surface area contributed by atoms with Crippen LogP contribution in [0.15, 0.2) is 42.7 Å². The van der Waals surface area contributed by atoms with E-state index in [1.165, 1.54) is 0 Å². The second-order valence-electron chi connectivity index (χ2n) is 5.27. The molecule has 0 aliphatic carbocycles. The molecule has 0 radical (unpaired) electrons. The first kappa shape index (κ1) is 15.0. The third-order valence-corrected chi connectivity index (χ3v) is 3.20. The summed E-state index contributed by atoms with van der Waals surface area (Å²) in [7, 11) is 0. The topological polar surface area (TPSA) is 106 Å². The number of ether oxygens (including phenoxy) is 1. The van der Waals surface area contributed by atoms with Crippen LogP contribution in [-0.4, -0.2) is 33.7 Å². The number of carbonyl (C=O) groups is 1. The molecule has 1 aromatic carbocycles. The molecule has 0 saturated heterocycles. The number of H-pyrrole nitrogens is 1. The maximum absolute atomic E-state index is 12.5. The van der Waals surface area contributed by atoms with Gasteiger partial charge in [-0.25, -0.2) is 4.98 Å². The lowest BCUT2D eigenvalue weighted by Crippen LogP contribution is -2.25. The van der Waals surface area contributed by atoms with Crippen molar-refractivity contribution in [1.82, 2.24) is 15.2 Å². The van der Waals surface area contributed by atoms with E-state index < -0.39 is 0 Å². The molecule has 118 valence electrons. The zero-order valence-corrected chi connectivity index (χ0v) is 12.6. The zero-order chi connectivity index (χ0) is 16.2. The summed E-state index contributed by atoms with van der Waals surface area (Å²) in [5.74, 6) is -0.0210. The number of rotatable bonds is 5. The number of benzene rings is 1. The predicted octanol–water partition coefficient (Wildman–Crippen LogP) is 1.94. The Morgan fingerprint density at radius 3 is 3.13 bits per heavy atom. The molecular weight excluding hydrogens is 294 g/mol. The van der Waals surface area contributed by atoms with Gasteiger partial charge in [-0.15, -0.1) is 0 Å². The number of hydrogen-bond acceptors (Lipinski definition) is 5. The minimum absolute atomic E-state index is 0.142. The van der Waals surface area contributed by atoms with Gasteiger partial charge < -0.3 is 15.8 Å². The Kier molecular flexibility index (Phi) is 4.20. The van der Waals surface area contributed by atoms with Gasteiger partial charge in [0.05, 0.1) is 11.7 Å². The van der Waals surface area contributed by atoms with Crippen LogP contribution in [0.25, 0.3) is 10.9 Å². The predicted molar refractivity (Wildman–Crippen MR) is 87.4 cm³/mol. The van der Waals surface area contributed by atoms with Gasteiger partial charge in [0, 0.05) is 23.3 Å². The molecule has 1 atom stereocenters. The molecule has 2 heterocycles. The zero-order valence-electron chi connectivity index (χ0n) is 12.6. The van der Waals surface area contributed by atoms with Gasteiger partial charge in [-0.1, -0.05) is 0 Å². The number of anilines is 1. The molecule has 0 aliphatic rings. The molecular formula is C16H17N5O2. The maximum atomic E-state index is 12.5. The number of carbonyl (C=O) groups excluding carboxylic acids is 1. The summed E-state index contributed by atoms with van der Waals surface area (Å²) in [5.41, 5.74) is 7.61. The van der Waals surface area contributed by atoms with Crippen LogP contribution in [-0.2, 0) is 0 Å². The smallest absolute Gasteiger partial charge is 0.261 e. The SMILES string of the molecule is C[C@H](N)COc1ncccc1C(=O)Nc1ccc2[nH]ncc2c1. The van der Waals surface area contributed by atoms with E-state index in [9.17, 15) is 4.79 Å². The van der Waals surface area contributed by atoms with Crippen LogP contribution in [0.5, 0.6) is 5.88 Å². The van der Waals surface area contributed by atoms with E-state index in [1.54, 1.807) is 30.6 Å². The number of nitrogens with one attached hydrogen (secondary N) is 2. The van der Waals surface area contributed by atoms with Crippen molar-refractivity contribution >= 4 is 22.5 Å². The van der Waals surface area contributed by atoms with Crippen LogP contribution in [0.4, 0.5) is 5.69 Å². The summed E-state index contributed by atoms with van der Waals surface area (Å²) in [6.45, 7) is 2.11. The second-order valence-corrected chi connectivity index (χ2v) is 5.27. The summed E-state index contributed by atoms with van der Waals surface area (Å²) in [4.78, 5) is 16.6. The van der Waals surface area contributed by atoms with Gasteiger partial charge >= 0.3 is 0 Å². The van der Waals surface area contributed by atoms with Crippen LogP contribution >= 0.6 is 0 Å². The van der Waals surface area contributed by atoms with Gasteiger partial charge in [-0.3, -0.25) is 9.89 Å². The molecule has 3 aromatic rings. The van der Waals surface area contributed by atoms with Crippen molar-refractivity contribution in [3.63, 3.8) is 0 Å². The normalized spacial score (nSPS) is 12.1. The fourth-order valence-electron chi connectivity index (χ4n) is 2.11. The molecule has 0 fully saturated rings. The second kappa shape index (κ2) is 6.45. The highest BCUT2D eigenvalue weighted by atomic mass is 16.5. The van der Waals surface area contributed by atoms with Crippen LogP contribution < -0.4 is 15.8 Å². The largest absolute Gasteiger partial charge is 0.475 e. The van der Waals surface area contributed by atoms with Crippen molar-refractivity contribution in [3.8, 4) is 5.88 Å². The standard InChI is InChI=1S/C16H17N5O2/c1-10(17)9-23-16-13(3-2-6-18-16)15(22)20-12-4-5-14-11(7-12)8-19-21-14/h2-8,10H,9,17H2,1H3,(H,19,21)(H,20,22)/t10-/m0/s1. The molecule has 0 saturated carbocycles. The number of nitrogens with two attached hydrogens (primary N) is 1. The Hall–Kier alpha value is -2.93. The lowest BCUT2D eigenvalue weighted by Gasteiger charge is -2.12. The van der Waals surface area contributed by atoms with E-state index in [0.717, 1.165) is 10.9 Å². The highest BCUT2D eigenvalue weighted by molar-refractivity contribution is 6.06. The summed E-state index contributed by atoms with van der Waals surface area (Å²) in [6.07, 6.45) is 3.27. The molecule has 1 amide bonds. The van der Waals surface area contributed by atoms with E-state index in [4.69, 9.17) is 10.5 Å². The molecule has 7 nitrogen and oxygen atoms in total. The summed E-state index contributed by atoms with van der Waals surface area (Å²) in [5, 5.41) is 10.6. The molecule has 0 aliphatic heterocycles. The van der Waals surface area contributed by atoms with Gasteiger partial charge in [0.15, 0.2) is 0 Å². The number of pyridine rings is 1. The minimum atomic E-state index is -0.291. The molecule has 4 N–H and O–H groups in total. The quantitative estimate of drug-likeness (QED) is 0.667. The van der Waals surface area contributed by atoms with E-state index in [2.05, 4.69) is 20.5 Å². The summed E-state index contributed by atoms with van der Waals surface area (Å²) in [6, 6.07) is 8.71. The molecule has 0 spiro atoms. The molecule has 0 bridgehead atoms. The van der Waals surface area contributed by atoms with Crippen LogP contribution in [0.1, 0.15) is 17.3 Å². The van der Waals surface area contributed by atoms with E-state index in [0.29, 0.717) is 11.3 Å². The van der Waals surface area contributed by atoms with Crippen molar-refractivity contribution in [2.75, 3.05) is 11.9 Å². The Labute approximate surface area is 132 Å². The number of fused-ring (bicyclic) bond motifs is 1. The van der Waals surface area contributed by atoms with Crippen molar-refractivity contribution in [3.05, 3.63) is 48.3 Å². The highest BCUT2D eigenvalue weighted by Gasteiger charge is 2.14. The van der Waals surface area contributed by atoms with Crippen molar-refractivity contribution in [1.29, 1.82) is 0 Å². The number of aromatic nitrogens is 3. The van der Waals surface area contributed by atoms with E-state index in [-0.39, 0.29) is 24.4 Å². The van der Waals surface area contributed by atoms with E-state index >= 15 is 0 Å². The Morgan fingerprint density at radius 2 is 2.30 bits per heavy atom. The lowest BCUT2D eigenvalue weighted by atomic mass is 10.2. The molecule has 7 heteroatoms. The number of aromatic amines is 1. The first-order chi connectivity index (χ1) is 11.1. The van der Waals surface area contributed by atoms with Crippen LogP contribution in [0, 0.1) is 0 Å². The fraction of sp³-hybridized carbons (Fsp3) is 0.188. The Bertz CT molecular complexity index is 828. The van der Waals surface area contributed by atoms with Gasteiger partial charge in [0.25, 0.3) is 5.91 Å². The molecule has 23 heavy (non-hydrogen) atoms. The fourth-order valence-corrected chi connectivity index (χ4v) is 2.11. The number of nitrogens with zero attached hydrogens (tertiary/aromatic N) is 2. The Balaban J connectivity index is 1.79. The average Bonchev–Trinajstić information content (AvgIpc) is 3.00. The molecule has 3 rings (SSSR count). The van der Waals surface area contributed by atoms with Gasteiger partial charge in [-0.05, 0) is 37.3 Å². The minimum Gasteiger partial charge on any atom is -0.475 e. The van der Waals surface area contributed by atoms with Crippen molar-refractivity contribution in [2.45, 2.75) is 13.0 Å². The van der Waals surface area contributed by atoms with Crippen molar-refractivity contribution < 1.29 is 9.53 Å². The highest BCUT2D eigenvalue weighted by Crippen LogP contribution is 2.20. The van der Waals surface area contributed by atoms with Crippen molar-refractivity contribution in [2.24, 2.45) is 5.73 Å². The third-order valence-electron chi connectivity index (χ3n) is 3.20. The molecule has 0 unspecified atom stereocenters. The average molecular weight is 311 g/mol. The van der Waals surface area contributed by atoms with E-state index in [1.807, 2.05) is 19.1 Å². The number of amides is 1. The first-order valence-corrected chi connectivity index (χ1v) is 7.21. The third kappa shape index (κ3) is 3.46. The van der Waals surface area contributed by atoms with Gasteiger partial charge in [0.2, 0.25) is 5.88 Å². The Morgan fingerprint density at radius 1 is 1.43 bits per heavy atom. The summed E-state index contributed by atoms with van der Waals surface area (Å²) >= 11 is 0. The van der Waals surface area contributed by atoms with Gasteiger partial charge in [0.1, 0.15) is 12.2 Å². The lowest BCUT2D eigenvalue weighted by molar-refractivity contribution is 0.102. The monoisotopic (exact) mass is 311 g/mol. The van der Waals surface area contributed by atoms with Crippen LogP contribution in [0.3, 0.4) is 0 Å². The summed E-state index contributed by atoms with van der Waals surface area (Å²) < 4.78 is 5.50.